The highest BCUT2D eigenvalue weighted by molar-refractivity contribution is 9.10. The minimum atomic E-state index is -0.913. The molecule has 0 bridgehead atoms. The van der Waals surface area contributed by atoms with Gasteiger partial charge in [-0.1, -0.05) is 58.4 Å². The fourth-order valence-corrected chi connectivity index (χ4v) is 4.61. The van der Waals surface area contributed by atoms with Gasteiger partial charge in [0.05, 0.1) is 5.69 Å². The van der Waals surface area contributed by atoms with Gasteiger partial charge in [-0.25, -0.2) is 8.78 Å². The zero-order chi connectivity index (χ0) is 21.5. The maximum atomic E-state index is 14.1. The smallest absolute Gasteiger partial charge is 0.165 e. The molecule has 0 radical (unpaired) electrons. The number of carbonyl (C=O) groups excluding carboxylic acids is 1. The zero-order valence-electron chi connectivity index (χ0n) is 16.5. The van der Waals surface area contributed by atoms with E-state index in [1.54, 1.807) is 6.07 Å². The quantitative estimate of drug-likeness (QED) is 0.308. The number of aromatic nitrogens is 1. The average Bonchev–Trinajstić information content (AvgIpc) is 3.17. The largest absolute Gasteiger partial charge is 0.313 e. The first-order chi connectivity index (χ1) is 15.0. The molecule has 1 unspecified atom stereocenters. The lowest BCUT2D eigenvalue weighted by atomic mass is 9.82. The van der Waals surface area contributed by atoms with Gasteiger partial charge in [-0.2, -0.15) is 0 Å². The molecule has 2 nitrogen and oxygen atoms in total. The van der Waals surface area contributed by atoms with Crippen molar-refractivity contribution >= 4 is 21.7 Å². The van der Waals surface area contributed by atoms with Crippen LogP contribution in [-0.2, 0) is 6.42 Å². The molecule has 0 N–H and O–H groups in total. The van der Waals surface area contributed by atoms with E-state index in [1.165, 1.54) is 6.07 Å². The number of Topliss-reactive ketones (excluding diaryl/α,β-unsaturated/α-hetero) is 1. The SMILES string of the molecule is O=C1CC(c2ccccc2)Cc2c1cc(-c1ccc(Br)cc1)n2-c1ccc(F)c(F)c1. The summed E-state index contributed by atoms with van der Waals surface area (Å²) in [6.45, 7) is 0. The fraction of sp³-hybridized carbons (Fsp3) is 0.115. The van der Waals surface area contributed by atoms with E-state index in [9.17, 15) is 13.6 Å². The fourth-order valence-electron chi connectivity index (χ4n) is 4.35. The Morgan fingerprint density at radius 2 is 1.58 bits per heavy atom. The molecule has 1 heterocycles. The number of hydrogen-bond acceptors (Lipinski definition) is 1. The van der Waals surface area contributed by atoms with Crippen molar-refractivity contribution in [3.63, 3.8) is 0 Å². The summed E-state index contributed by atoms with van der Waals surface area (Å²) in [4.78, 5) is 13.1. The summed E-state index contributed by atoms with van der Waals surface area (Å²) in [5, 5.41) is 0. The van der Waals surface area contributed by atoms with Gasteiger partial charge in [0.2, 0.25) is 0 Å². The highest BCUT2D eigenvalue weighted by Crippen LogP contribution is 2.39. The van der Waals surface area contributed by atoms with Crippen LogP contribution in [0.3, 0.4) is 0 Å². The van der Waals surface area contributed by atoms with E-state index in [2.05, 4.69) is 15.9 Å². The van der Waals surface area contributed by atoms with E-state index in [4.69, 9.17) is 0 Å². The van der Waals surface area contributed by atoms with Crippen LogP contribution < -0.4 is 0 Å². The van der Waals surface area contributed by atoms with Crippen molar-refractivity contribution in [1.82, 2.24) is 4.57 Å². The molecule has 0 spiro atoms. The van der Waals surface area contributed by atoms with Gasteiger partial charge in [0.1, 0.15) is 0 Å². The van der Waals surface area contributed by atoms with Crippen LogP contribution in [0.15, 0.2) is 83.3 Å². The number of nitrogens with zero attached hydrogens (tertiary/aromatic N) is 1. The van der Waals surface area contributed by atoms with Crippen molar-refractivity contribution < 1.29 is 13.6 Å². The number of carbonyl (C=O) groups is 1. The Kier molecular flexibility index (Phi) is 5.06. The van der Waals surface area contributed by atoms with Gasteiger partial charge >= 0.3 is 0 Å². The number of hydrogen-bond donors (Lipinski definition) is 0. The van der Waals surface area contributed by atoms with Gasteiger partial charge in [-0.05, 0) is 53.8 Å². The Labute approximate surface area is 187 Å². The Bertz CT molecular complexity index is 1280. The molecule has 1 aliphatic rings. The van der Waals surface area contributed by atoms with Crippen molar-refractivity contribution in [1.29, 1.82) is 0 Å². The maximum Gasteiger partial charge on any atom is 0.165 e. The highest BCUT2D eigenvalue weighted by Gasteiger charge is 2.31. The summed E-state index contributed by atoms with van der Waals surface area (Å²) < 4.78 is 30.6. The van der Waals surface area contributed by atoms with Crippen LogP contribution in [0.25, 0.3) is 16.9 Å². The van der Waals surface area contributed by atoms with Crippen molar-refractivity contribution in [2.45, 2.75) is 18.8 Å². The minimum absolute atomic E-state index is 0.0397. The molecular weight excluding hydrogens is 460 g/mol. The van der Waals surface area contributed by atoms with Gasteiger partial charge in [0, 0.05) is 33.9 Å². The second-order valence-electron chi connectivity index (χ2n) is 7.77. The Balaban J connectivity index is 1.71. The molecule has 4 aromatic rings. The van der Waals surface area contributed by atoms with E-state index in [0.717, 1.165) is 33.1 Å². The van der Waals surface area contributed by atoms with Gasteiger partial charge in [0.15, 0.2) is 17.4 Å². The average molecular weight is 478 g/mol. The molecule has 3 aromatic carbocycles. The third-order valence-corrected chi connectivity index (χ3v) is 6.38. The van der Waals surface area contributed by atoms with Crippen molar-refractivity contribution in [2.24, 2.45) is 0 Å². The molecule has 0 aliphatic heterocycles. The first kappa shape index (κ1) is 19.9. The van der Waals surface area contributed by atoms with Gasteiger partial charge in [-0.15, -0.1) is 0 Å². The Morgan fingerprint density at radius 3 is 2.29 bits per heavy atom. The normalized spacial score (nSPS) is 15.7. The van der Waals surface area contributed by atoms with Crippen molar-refractivity contribution in [3.05, 3.63) is 112 Å². The number of halogens is 3. The van der Waals surface area contributed by atoms with Crippen LogP contribution in [0.1, 0.15) is 34.0 Å². The number of ketones is 1. The zero-order valence-corrected chi connectivity index (χ0v) is 18.1. The molecule has 0 fully saturated rings. The first-order valence-electron chi connectivity index (χ1n) is 10.1. The van der Waals surface area contributed by atoms with Gasteiger partial charge in [-0.3, -0.25) is 4.79 Å². The Morgan fingerprint density at radius 1 is 0.839 bits per heavy atom. The monoisotopic (exact) mass is 477 g/mol. The van der Waals surface area contributed by atoms with E-state index >= 15 is 0 Å². The van der Waals surface area contributed by atoms with Crippen LogP contribution in [-0.4, -0.2) is 10.4 Å². The third kappa shape index (κ3) is 3.63. The van der Waals surface area contributed by atoms with Crippen LogP contribution in [0.2, 0.25) is 0 Å². The van der Waals surface area contributed by atoms with Crippen LogP contribution in [0.5, 0.6) is 0 Å². The molecule has 0 saturated carbocycles. The van der Waals surface area contributed by atoms with Crippen LogP contribution >= 0.6 is 15.9 Å². The molecule has 0 amide bonds. The predicted octanol–water partition coefficient (Wildman–Crippen LogP) is 7.10. The standard InChI is InChI=1S/C26H18BrF2NO/c27-19-8-6-17(7-9-19)24-15-21-25(30(24)20-10-11-22(28)23(29)14-20)12-18(13-26(21)31)16-4-2-1-3-5-16/h1-11,14-15,18H,12-13H2. The number of benzene rings is 3. The molecule has 154 valence electrons. The van der Waals surface area contributed by atoms with E-state index < -0.39 is 11.6 Å². The van der Waals surface area contributed by atoms with Crippen molar-refractivity contribution in [3.8, 4) is 16.9 Å². The van der Waals surface area contributed by atoms with Crippen LogP contribution in [0.4, 0.5) is 8.78 Å². The van der Waals surface area contributed by atoms with Gasteiger partial charge < -0.3 is 4.57 Å². The number of fused-ring (bicyclic) bond motifs is 1. The highest BCUT2D eigenvalue weighted by atomic mass is 79.9. The third-order valence-electron chi connectivity index (χ3n) is 5.85. The van der Waals surface area contributed by atoms with Crippen molar-refractivity contribution in [2.75, 3.05) is 0 Å². The van der Waals surface area contributed by atoms with E-state index in [1.807, 2.05) is 65.2 Å². The van der Waals surface area contributed by atoms with E-state index in [0.29, 0.717) is 24.1 Å². The topological polar surface area (TPSA) is 22.0 Å². The van der Waals surface area contributed by atoms with E-state index in [-0.39, 0.29) is 11.7 Å². The summed E-state index contributed by atoms with van der Waals surface area (Å²) in [6, 6.07) is 23.4. The lowest BCUT2D eigenvalue weighted by Gasteiger charge is -2.24. The molecule has 5 heteroatoms. The molecule has 1 atom stereocenters. The summed E-state index contributed by atoms with van der Waals surface area (Å²) in [6.07, 6.45) is 1.07. The summed E-state index contributed by atoms with van der Waals surface area (Å²) >= 11 is 3.45. The molecular formula is C26H18BrF2NO. The molecule has 5 rings (SSSR count). The second kappa shape index (κ2) is 7.89. The molecule has 1 aliphatic carbocycles. The minimum Gasteiger partial charge on any atom is -0.313 e. The lowest BCUT2D eigenvalue weighted by molar-refractivity contribution is 0.0963. The van der Waals surface area contributed by atoms with Crippen LogP contribution in [0, 0.1) is 11.6 Å². The molecule has 0 saturated heterocycles. The summed E-state index contributed by atoms with van der Waals surface area (Å²) in [7, 11) is 0. The summed E-state index contributed by atoms with van der Waals surface area (Å²) in [5.74, 6) is -1.70. The second-order valence-corrected chi connectivity index (χ2v) is 8.69. The lowest BCUT2D eigenvalue weighted by Crippen LogP contribution is -2.20. The van der Waals surface area contributed by atoms with Gasteiger partial charge in [0.25, 0.3) is 0 Å². The Hall–Kier alpha value is -3.05. The molecule has 31 heavy (non-hydrogen) atoms. The maximum absolute atomic E-state index is 14.1. The number of rotatable bonds is 3. The predicted molar refractivity (Wildman–Crippen MR) is 121 cm³/mol. The molecule has 1 aromatic heterocycles. The first-order valence-corrected chi connectivity index (χ1v) is 10.8. The summed E-state index contributed by atoms with van der Waals surface area (Å²) in [5.41, 5.74) is 4.75.